The molecule has 0 bridgehead atoms. The average Bonchev–Trinajstić information content (AvgIpc) is 3.35. The Morgan fingerprint density at radius 1 is 1.13 bits per heavy atom. The van der Waals surface area contributed by atoms with Crippen LogP contribution in [0, 0.1) is 5.92 Å². The van der Waals surface area contributed by atoms with Crippen LogP contribution in [0.15, 0.2) is 65.3 Å². The summed E-state index contributed by atoms with van der Waals surface area (Å²) in [5.74, 6) is 1.68. The summed E-state index contributed by atoms with van der Waals surface area (Å²) in [5.41, 5.74) is 1.69. The third kappa shape index (κ3) is 4.53. The number of amides is 1. The molecule has 1 aromatic carbocycles. The number of furan rings is 1. The predicted octanol–water partition coefficient (Wildman–Crippen LogP) is 4.79. The fraction of sp³-hybridized carbons (Fsp3) is 0.375. The first-order valence-electron chi connectivity index (χ1n) is 10.7. The average molecular weight is 405 g/mol. The van der Waals surface area contributed by atoms with Gasteiger partial charge in [-0.05, 0) is 55.7 Å². The molecule has 156 valence electrons. The summed E-state index contributed by atoms with van der Waals surface area (Å²) in [4.78, 5) is 17.6. The Hall–Kier alpha value is -3.15. The Bertz CT molecular complexity index is 926. The molecule has 1 saturated heterocycles. The Labute approximate surface area is 177 Å². The van der Waals surface area contributed by atoms with Crippen LogP contribution in [0.2, 0.25) is 0 Å². The molecule has 6 nitrogen and oxygen atoms in total. The summed E-state index contributed by atoms with van der Waals surface area (Å²) in [6, 6.07) is 17.6. The third-order valence-electron chi connectivity index (χ3n) is 5.59. The van der Waals surface area contributed by atoms with Crippen molar-refractivity contribution in [1.29, 1.82) is 0 Å². The smallest absolute Gasteiger partial charge is 0.231 e. The van der Waals surface area contributed by atoms with Gasteiger partial charge >= 0.3 is 0 Å². The van der Waals surface area contributed by atoms with Crippen LogP contribution in [0.25, 0.3) is 11.5 Å². The summed E-state index contributed by atoms with van der Waals surface area (Å²) in [5, 5.41) is 8.70. The van der Waals surface area contributed by atoms with E-state index < -0.39 is 0 Å². The first-order chi connectivity index (χ1) is 14.8. The summed E-state index contributed by atoms with van der Waals surface area (Å²) in [6.07, 6.45) is 5.56. The summed E-state index contributed by atoms with van der Waals surface area (Å²) in [7, 11) is 0. The molecular weight excluding hydrogens is 376 g/mol. The van der Waals surface area contributed by atoms with Gasteiger partial charge in [0.15, 0.2) is 11.6 Å². The molecule has 1 aliphatic rings. The maximum atomic E-state index is 13.4. The monoisotopic (exact) mass is 404 g/mol. The van der Waals surface area contributed by atoms with Crippen molar-refractivity contribution in [1.82, 2.24) is 10.2 Å². The molecule has 4 rings (SSSR count). The minimum Gasteiger partial charge on any atom is -0.463 e. The number of benzene rings is 1. The van der Waals surface area contributed by atoms with Crippen molar-refractivity contribution in [2.24, 2.45) is 5.92 Å². The van der Waals surface area contributed by atoms with Crippen molar-refractivity contribution >= 4 is 17.4 Å². The number of rotatable bonds is 7. The van der Waals surface area contributed by atoms with Gasteiger partial charge < -0.3 is 14.2 Å². The normalized spacial score (nSPS) is 16.4. The predicted molar refractivity (Wildman–Crippen MR) is 118 cm³/mol. The highest BCUT2D eigenvalue weighted by molar-refractivity contribution is 5.95. The number of carbonyl (C=O) groups is 1. The van der Waals surface area contributed by atoms with Gasteiger partial charge in [0.1, 0.15) is 5.69 Å². The highest BCUT2D eigenvalue weighted by atomic mass is 16.3. The lowest BCUT2D eigenvalue weighted by Crippen LogP contribution is -2.45. The van der Waals surface area contributed by atoms with Gasteiger partial charge in [-0.3, -0.25) is 4.79 Å². The van der Waals surface area contributed by atoms with Gasteiger partial charge in [-0.2, -0.15) is 0 Å². The van der Waals surface area contributed by atoms with Crippen LogP contribution in [0.1, 0.15) is 32.6 Å². The Morgan fingerprint density at radius 2 is 2.00 bits per heavy atom. The SMILES string of the molecule is CCCCN(C(=O)C1CCCN(c2ccc(-c3ccco3)nn2)C1)c1ccccc1. The lowest BCUT2D eigenvalue weighted by Gasteiger charge is -2.35. The van der Waals surface area contributed by atoms with E-state index in [-0.39, 0.29) is 11.8 Å². The van der Waals surface area contributed by atoms with E-state index in [4.69, 9.17) is 4.42 Å². The minimum absolute atomic E-state index is 0.0395. The van der Waals surface area contributed by atoms with Gasteiger partial charge in [0.2, 0.25) is 5.91 Å². The molecule has 30 heavy (non-hydrogen) atoms. The second kappa shape index (κ2) is 9.57. The highest BCUT2D eigenvalue weighted by Crippen LogP contribution is 2.26. The van der Waals surface area contributed by atoms with Crippen LogP contribution in [-0.4, -0.2) is 35.7 Å². The van der Waals surface area contributed by atoms with Crippen molar-refractivity contribution in [3.05, 3.63) is 60.9 Å². The molecule has 3 aromatic rings. The maximum absolute atomic E-state index is 13.4. The quantitative estimate of drug-likeness (QED) is 0.567. The van der Waals surface area contributed by atoms with Crippen molar-refractivity contribution in [3.63, 3.8) is 0 Å². The van der Waals surface area contributed by atoms with Crippen LogP contribution in [-0.2, 0) is 4.79 Å². The van der Waals surface area contributed by atoms with Crippen molar-refractivity contribution in [2.45, 2.75) is 32.6 Å². The zero-order valence-corrected chi connectivity index (χ0v) is 17.4. The molecule has 0 aliphatic carbocycles. The molecule has 1 amide bonds. The first kappa shape index (κ1) is 20.1. The number of aromatic nitrogens is 2. The standard InChI is InChI=1S/C24H28N4O2/c1-2-3-16-28(20-10-5-4-6-11-20)24(29)19-9-7-15-27(18-19)23-14-13-21(25-26-23)22-12-8-17-30-22/h4-6,8,10-14,17,19H,2-3,7,9,15-16,18H2,1H3. The number of hydrogen-bond donors (Lipinski definition) is 0. The van der Waals surface area contributed by atoms with Gasteiger partial charge in [-0.25, -0.2) is 0 Å². The fourth-order valence-electron chi connectivity index (χ4n) is 3.95. The Balaban J connectivity index is 1.47. The fourth-order valence-corrected chi connectivity index (χ4v) is 3.95. The molecule has 0 radical (unpaired) electrons. The minimum atomic E-state index is -0.0395. The lowest BCUT2D eigenvalue weighted by atomic mass is 9.96. The van der Waals surface area contributed by atoms with Crippen LogP contribution in [0.3, 0.4) is 0 Å². The molecule has 0 N–H and O–H groups in total. The van der Waals surface area contributed by atoms with Crippen LogP contribution in [0.5, 0.6) is 0 Å². The number of unbranched alkanes of at least 4 members (excludes halogenated alkanes) is 1. The lowest BCUT2D eigenvalue weighted by molar-refractivity contribution is -0.122. The van der Waals surface area contributed by atoms with Crippen LogP contribution >= 0.6 is 0 Å². The summed E-state index contributed by atoms with van der Waals surface area (Å²) < 4.78 is 5.39. The number of para-hydroxylation sites is 1. The van der Waals surface area contributed by atoms with E-state index in [0.29, 0.717) is 18.0 Å². The second-order valence-corrected chi connectivity index (χ2v) is 7.72. The largest absolute Gasteiger partial charge is 0.463 e. The topological polar surface area (TPSA) is 62.5 Å². The molecule has 6 heteroatoms. The van der Waals surface area contributed by atoms with E-state index in [0.717, 1.165) is 50.3 Å². The highest BCUT2D eigenvalue weighted by Gasteiger charge is 2.30. The molecule has 3 heterocycles. The molecule has 2 aromatic heterocycles. The Kier molecular flexibility index (Phi) is 6.42. The molecule has 1 atom stereocenters. The number of hydrogen-bond acceptors (Lipinski definition) is 5. The van der Waals surface area contributed by atoms with Gasteiger partial charge in [0.25, 0.3) is 0 Å². The molecule has 0 spiro atoms. The van der Waals surface area contributed by atoms with Crippen LogP contribution in [0.4, 0.5) is 11.5 Å². The van der Waals surface area contributed by atoms with Crippen molar-refractivity contribution in [3.8, 4) is 11.5 Å². The van der Waals surface area contributed by atoms with Gasteiger partial charge in [0.05, 0.1) is 12.2 Å². The molecule has 1 aliphatic heterocycles. The zero-order valence-electron chi connectivity index (χ0n) is 17.4. The van der Waals surface area contributed by atoms with Crippen LogP contribution < -0.4 is 9.80 Å². The molecule has 1 fully saturated rings. The summed E-state index contributed by atoms with van der Waals surface area (Å²) >= 11 is 0. The van der Waals surface area contributed by atoms with E-state index in [2.05, 4.69) is 22.0 Å². The zero-order chi connectivity index (χ0) is 20.8. The van der Waals surface area contributed by atoms with Crippen molar-refractivity contribution < 1.29 is 9.21 Å². The third-order valence-corrected chi connectivity index (χ3v) is 5.59. The number of carbonyl (C=O) groups excluding carboxylic acids is 1. The Morgan fingerprint density at radius 3 is 2.70 bits per heavy atom. The number of nitrogens with zero attached hydrogens (tertiary/aromatic N) is 4. The van der Waals surface area contributed by atoms with Crippen molar-refractivity contribution in [2.75, 3.05) is 29.4 Å². The van der Waals surface area contributed by atoms with E-state index in [9.17, 15) is 4.79 Å². The molecule has 0 saturated carbocycles. The second-order valence-electron chi connectivity index (χ2n) is 7.72. The molecular formula is C24H28N4O2. The molecule has 1 unspecified atom stereocenters. The van der Waals surface area contributed by atoms with Gasteiger partial charge in [0, 0.05) is 25.3 Å². The van der Waals surface area contributed by atoms with E-state index in [1.54, 1.807) is 6.26 Å². The maximum Gasteiger partial charge on any atom is 0.231 e. The van der Waals surface area contributed by atoms with Gasteiger partial charge in [-0.15, -0.1) is 10.2 Å². The van der Waals surface area contributed by atoms with Gasteiger partial charge in [-0.1, -0.05) is 31.5 Å². The summed E-state index contributed by atoms with van der Waals surface area (Å²) in [6.45, 7) is 4.47. The first-order valence-corrected chi connectivity index (χ1v) is 10.7. The number of anilines is 2. The van der Waals surface area contributed by atoms with E-state index in [1.807, 2.05) is 59.5 Å². The number of piperidine rings is 1. The van der Waals surface area contributed by atoms with E-state index in [1.165, 1.54) is 0 Å². The van der Waals surface area contributed by atoms with E-state index >= 15 is 0 Å².